The van der Waals surface area contributed by atoms with Crippen LogP contribution in [0, 0.1) is 5.82 Å². The third kappa shape index (κ3) is 6.50. The summed E-state index contributed by atoms with van der Waals surface area (Å²) < 4.78 is 24.6. The van der Waals surface area contributed by atoms with Crippen molar-refractivity contribution in [3.8, 4) is 11.5 Å². The first-order valence-corrected chi connectivity index (χ1v) is 10.3. The smallest absolute Gasteiger partial charge is 0.320 e. The summed E-state index contributed by atoms with van der Waals surface area (Å²) in [5.74, 6) is -0.635. The third-order valence-corrected chi connectivity index (χ3v) is 5.08. The number of anilines is 1. The first-order chi connectivity index (χ1) is 15.2. The minimum Gasteiger partial charge on any atom is -0.489 e. The van der Waals surface area contributed by atoms with Crippen molar-refractivity contribution in [3.63, 3.8) is 0 Å². The van der Waals surface area contributed by atoms with Crippen LogP contribution in [0.15, 0.2) is 54.6 Å². The molecule has 0 aliphatic heterocycles. The molecule has 9 heteroatoms. The van der Waals surface area contributed by atoms with Gasteiger partial charge in [0, 0.05) is 11.8 Å². The lowest BCUT2D eigenvalue weighted by Gasteiger charge is -2.14. The Balaban J connectivity index is 1.67. The number of nitrogen functional groups attached to an aromatic ring is 1. The number of nitrogens with two attached hydrogens (primary N) is 2. The van der Waals surface area contributed by atoms with Crippen LogP contribution in [0.1, 0.15) is 16.7 Å². The van der Waals surface area contributed by atoms with Gasteiger partial charge in [-0.15, -0.1) is 0 Å². The summed E-state index contributed by atoms with van der Waals surface area (Å²) in [5.41, 5.74) is 14.1. The Morgan fingerprint density at radius 1 is 0.938 bits per heavy atom. The molecule has 0 radical (unpaired) electrons. The topological polar surface area (TPSA) is 108 Å². The highest BCUT2D eigenvalue weighted by Crippen LogP contribution is 2.35. The second kappa shape index (κ2) is 10.5. The maximum absolute atomic E-state index is 13.0. The molecule has 0 unspecified atom stereocenters. The number of carbonyl (C=O) groups is 1. The van der Waals surface area contributed by atoms with Crippen LogP contribution in [0.4, 0.5) is 10.1 Å². The number of hydrogen-bond acceptors (Lipinski definition) is 5. The number of hydrogen-bond donors (Lipinski definition) is 3. The van der Waals surface area contributed by atoms with Crippen LogP contribution in [-0.4, -0.2) is 17.1 Å². The predicted molar refractivity (Wildman–Crippen MR) is 122 cm³/mol. The van der Waals surface area contributed by atoms with E-state index in [2.05, 4.69) is 0 Å². The van der Waals surface area contributed by atoms with E-state index in [4.69, 9.17) is 49.2 Å². The van der Waals surface area contributed by atoms with E-state index < -0.39 is 12.0 Å². The summed E-state index contributed by atoms with van der Waals surface area (Å²) in [6, 6.07) is 13.3. The van der Waals surface area contributed by atoms with Crippen molar-refractivity contribution < 1.29 is 23.8 Å². The molecular weight excluding hydrogens is 458 g/mol. The Morgan fingerprint density at radius 3 is 2.19 bits per heavy atom. The van der Waals surface area contributed by atoms with Crippen LogP contribution in [0.5, 0.6) is 11.5 Å². The van der Waals surface area contributed by atoms with Crippen molar-refractivity contribution in [1.29, 1.82) is 0 Å². The molecule has 0 saturated heterocycles. The monoisotopic (exact) mass is 478 g/mol. The van der Waals surface area contributed by atoms with Gasteiger partial charge in [0.25, 0.3) is 0 Å². The quantitative estimate of drug-likeness (QED) is 0.380. The fraction of sp³-hybridized carbons (Fsp3) is 0.174. The molecule has 0 amide bonds. The molecule has 3 rings (SSSR count). The Kier molecular flexibility index (Phi) is 7.80. The molecule has 0 saturated carbocycles. The van der Waals surface area contributed by atoms with E-state index in [1.54, 1.807) is 42.5 Å². The van der Waals surface area contributed by atoms with E-state index >= 15 is 0 Å². The van der Waals surface area contributed by atoms with Gasteiger partial charge in [0.1, 0.15) is 30.8 Å². The molecule has 0 aromatic heterocycles. The predicted octanol–water partition coefficient (Wildman–Crippen LogP) is 4.83. The Morgan fingerprint density at radius 2 is 1.56 bits per heavy atom. The minimum absolute atomic E-state index is 0.0824. The fourth-order valence-electron chi connectivity index (χ4n) is 2.96. The summed E-state index contributed by atoms with van der Waals surface area (Å²) in [5, 5.41) is 9.43. The lowest BCUT2D eigenvalue weighted by Crippen LogP contribution is -2.32. The first-order valence-electron chi connectivity index (χ1n) is 9.57. The molecule has 168 valence electrons. The summed E-state index contributed by atoms with van der Waals surface area (Å²) in [4.78, 5) is 10.9. The molecular formula is C23H21Cl2FN2O4. The summed E-state index contributed by atoms with van der Waals surface area (Å²) in [6.07, 6.45) is 0.0824. The largest absolute Gasteiger partial charge is 0.489 e. The van der Waals surface area contributed by atoms with Gasteiger partial charge >= 0.3 is 5.97 Å². The van der Waals surface area contributed by atoms with Gasteiger partial charge in [-0.25, -0.2) is 4.39 Å². The number of carboxylic acid groups (broad SMARTS) is 1. The van der Waals surface area contributed by atoms with E-state index in [0.29, 0.717) is 17.0 Å². The molecule has 0 heterocycles. The fourth-order valence-corrected chi connectivity index (χ4v) is 3.61. The number of halogens is 3. The Hall–Kier alpha value is -3.00. The molecule has 3 aromatic carbocycles. The van der Waals surface area contributed by atoms with Crippen molar-refractivity contribution >= 4 is 34.9 Å². The third-order valence-electron chi connectivity index (χ3n) is 4.52. The number of carboxylic acids is 1. The van der Waals surface area contributed by atoms with Gasteiger partial charge in [0.15, 0.2) is 5.75 Å². The van der Waals surface area contributed by atoms with E-state index in [-0.39, 0.29) is 41.2 Å². The van der Waals surface area contributed by atoms with E-state index in [9.17, 15) is 9.18 Å². The maximum atomic E-state index is 13.0. The van der Waals surface area contributed by atoms with E-state index in [0.717, 1.165) is 11.1 Å². The van der Waals surface area contributed by atoms with Crippen LogP contribution >= 0.6 is 23.2 Å². The lowest BCUT2D eigenvalue weighted by atomic mass is 10.1. The second-order valence-corrected chi connectivity index (χ2v) is 7.97. The van der Waals surface area contributed by atoms with Crippen LogP contribution in [-0.2, 0) is 24.4 Å². The molecule has 0 aliphatic rings. The molecule has 6 nitrogen and oxygen atoms in total. The van der Waals surface area contributed by atoms with Crippen molar-refractivity contribution in [1.82, 2.24) is 0 Å². The zero-order valence-electron chi connectivity index (χ0n) is 16.9. The van der Waals surface area contributed by atoms with Gasteiger partial charge in [0.05, 0.1) is 10.0 Å². The van der Waals surface area contributed by atoms with Gasteiger partial charge in [-0.3, -0.25) is 4.79 Å². The van der Waals surface area contributed by atoms with Crippen LogP contribution in [0.3, 0.4) is 0 Å². The molecule has 3 aromatic rings. The van der Waals surface area contributed by atoms with E-state index in [1.807, 2.05) is 0 Å². The zero-order valence-corrected chi connectivity index (χ0v) is 18.4. The molecule has 32 heavy (non-hydrogen) atoms. The maximum Gasteiger partial charge on any atom is 0.320 e. The minimum atomic E-state index is -1.11. The number of rotatable bonds is 9. The van der Waals surface area contributed by atoms with Gasteiger partial charge in [-0.1, -0.05) is 35.3 Å². The van der Waals surface area contributed by atoms with Gasteiger partial charge in [-0.05, 0) is 59.5 Å². The van der Waals surface area contributed by atoms with Crippen molar-refractivity contribution in [2.45, 2.75) is 25.7 Å². The molecule has 0 aliphatic carbocycles. The normalized spacial score (nSPS) is 11.8. The number of ether oxygens (including phenoxy) is 2. The van der Waals surface area contributed by atoms with Crippen LogP contribution in [0.25, 0.3) is 0 Å². The summed E-state index contributed by atoms with van der Waals surface area (Å²) in [7, 11) is 0. The SMILES string of the molecule is Nc1cc(COc2c(Cl)cc(C[C@H](N)C(=O)O)cc2Cl)cc(OCc2ccc(F)cc2)c1. The highest BCUT2D eigenvalue weighted by atomic mass is 35.5. The average Bonchev–Trinajstić information content (AvgIpc) is 2.72. The Labute approximate surface area is 194 Å². The molecule has 5 N–H and O–H groups in total. The number of aliphatic carboxylic acids is 1. The van der Waals surface area contributed by atoms with Gasteiger partial charge in [-0.2, -0.15) is 0 Å². The molecule has 0 spiro atoms. The first kappa shape index (κ1) is 23.7. The van der Waals surface area contributed by atoms with Crippen LogP contribution in [0.2, 0.25) is 10.0 Å². The lowest BCUT2D eigenvalue weighted by molar-refractivity contribution is -0.138. The van der Waals surface area contributed by atoms with Crippen LogP contribution < -0.4 is 20.9 Å². The molecule has 1 atom stereocenters. The van der Waals surface area contributed by atoms with Gasteiger partial charge in [0.2, 0.25) is 0 Å². The molecule has 0 fully saturated rings. The highest BCUT2D eigenvalue weighted by Gasteiger charge is 2.16. The average molecular weight is 479 g/mol. The summed E-state index contributed by atoms with van der Waals surface area (Å²) in [6.45, 7) is 0.368. The van der Waals surface area contributed by atoms with Crippen molar-refractivity contribution in [3.05, 3.63) is 87.2 Å². The molecule has 0 bridgehead atoms. The Bertz CT molecular complexity index is 1090. The second-order valence-electron chi connectivity index (χ2n) is 7.15. The standard InChI is InChI=1S/C23H21Cl2FN2O4/c24-19-7-14(9-21(28)23(29)30)8-20(25)22(19)32-12-15-5-17(27)10-18(6-15)31-11-13-1-3-16(26)4-2-13/h1-8,10,21H,9,11-12,27-28H2,(H,29,30)/t21-/m0/s1. The van der Waals surface area contributed by atoms with Gasteiger partial charge < -0.3 is 26.0 Å². The highest BCUT2D eigenvalue weighted by molar-refractivity contribution is 6.37. The van der Waals surface area contributed by atoms with Crippen molar-refractivity contribution in [2.24, 2.45) is 5.73 Å². The van der Waals surface area contributed by atoms with Crippen molar-refractivity contribution in [2.75, 3.05) is 5.73 Å². The zero-order chi connectivity index (χ0) is 23.3. The number of benzene rings is 3. The summed E-state index contributed by atoms with van der Waals surface area (Å²) >= 11 is 12.6. The van der Waals surface area contributed by atoms with E-state index in [1.165, 1.54) is 12.1 Å².